The van der Waals surface area contributed by atoms with E-state index in [9.17, 15) is 9.90 Å². The van der Waals surface area contributed by atoms with Gasteiger partial charge >= 0.3 is 5.97 Å². The molecule has 2 aliphatic heterocycles. The molecule has 0 aromatic rings. The van der Waals surface area contributed by atoms with Crippen LogP contribution in [0.25, 0.3) is 0 Å². The van der Waals surface area contributed by atoms with Crippen molar-refractivity contribution >= 4 is 5.97 Å². The molecule has 2 heterocycles. The lowest BCUT2D eigenvalue weighted by atomic mass is 9.62. The van der Waals surface area contributed by atoms with Gasteiger partial charge in [-0.25, -0.2) is 0 Å². The summed E-state index contributed by atoms with van der Waals surface area (Å²) in [4.78, 5) is 13.5. The number of hydrogen-bond acceptors (Lipinski definition) is 3. The molecule has 4 heteroatoms. The second-order valence-electron chi connectivity index (χ2n) is 5.36. The summed E-state index contributed by atoms with van der Waals surface area (Å²) < 4.78 is 5.31. The highest BCUT2D eigenvalue weighted by Gasteiger charge is 2.52. The van der Waals surface area contributed by atoms with Crippen LogP contribution in [0.3, 0.4) is 0 Å². The molecule has 0 spiro atoms. The van der Waals surface area contributed by atoms with E-state index >= 15 is 0 Å². The van der Waals surface area contributed by atoms with Gasteiger partial charge in [0.15, 0.2) is 0 Å². The largest absolute Gasteiger partial charge is 0.481 e. The summed E-state index contributed by atoms with van der Waals surface area (Å²) in [6, 6.07) is 0. The zero-order chi connectivity index (χ0) is 11.8. The molecule has 0 amide bonds. The number of ether oxygens (including phenoxy) is 1. The Kier molecular flexibility index (Phi) is 3.22. The van der Waals surface area contributed by atoms with Crippen molar-refractivity contribution in [1.82, 2.24) is 4.90 Å². The second kappa shape index (κ2) is 4.34. The molecular formula is C12H21NO3. The Hall–Kier alpha value is -0.610. The van der Waals surface area contributed by atoms with Crippen molar-refractivity contribution in [2.75, 3.05) is 33.4 Å². The number of aliphatic carboxylic acids is 1. The Morgan fingerprint density at radius 3 is 2.38 bits per heavy atom. The lowest BCUT2D eigenvalue weighted by Crippen LogP contribution is -2.56. The summed E-state index contributed by atoms with van der Waals surface area (Å²) in [5.74, 6) is -0.444. The highest BCUT2D eigenvalue weighted by atomic mass is 16.5. The monoisotopic (exact) mass is 227 g/mol. The smallest absolute Gasteiger partial charge is 0.306 e. The molecule has 92 valence electrons. The van der Waals surface area contributed by atoms with Crippen LogP contribution in [-0.2, 0) is 9.53 Å². The number of carboxylic acid groups (broad SMARTS) is 1. The average molecular weight is 227 g/mol. The molecule has 1 unspecified atom stereocenters. The van der Waals surface area contributed by atoms with Gasteiger partial charge in [0.05, 0.1) is 19.1 Å². The molecule has 2 saturated heterocycles. The minimum absolute atomic E-state index is 0.0902. The maximum Gasteiger partial charge on any atom is 0.306 e. The molecule has 0 radical (unpaired) electrons. The standard InChI is InChI=1S/C12H21NO3/c1-9(11(14)15)12(7-16-8-12)10-3-5-13(2)6-4-10/h9-10H,3-8H2,1-2H3,(H,14,15). The Morgan fingerprint density at radius 1 is 1.44 bits per heavy atom. The highest BCUT2D eigenvalue weighted by molar-refractivity contribution is 5.71. The molecule has 0 saturated carbocycles. The first-order valence-corrected chi connectivity index (χ1v) is 6.05. The fourth-order valence-corrected chi connectivity index (χ4v) is 3.01. The topological polar surface area (TPSA) is 49.8 Å². The number of carbonyl (C=O) groups is 1. The van der Waals surface area contributed by atoms with Gasteiger partial charge in [0.25, 0.3) is 0 Å². The van der Waals surface area contributed by atoms with Gasteiger partial charge in [-0.05, 0) is 38.9 Å². The SMILES string of the molecule is CC(C(=O)O)C1(C2CCN(C)CC2)COC1. The van der Waals surface area contributed by atoms with Gasteiger partial charge < -0.3 is 14.7 Å². The van der Waals surface area contributed by atoms with Gasteiger partial charge in [-0.15, -0.1) is 0 Å². The summed E-state index contributed by atoms with van der Waals surface area (Å²) in [6.45, 7) is 5.27. The summed E-state index contributed by atoms with van der Waals surface area (Å²) in [5.41, 5.74) is -0.0902. The lowest BCUT2D eigenvalue weighted by Gasteiger charge is -2.51. The van der Waals surface area contributed by atoms with E-state index in [2.05, 4.69) is 11.9 Å². The molecule has 1 atom stereocenters. The number of rotatable bonds is 3. The van der Waals surface area contributed by atoms with Crippen molar-refractivity contribution in [3.8, 4) is 0 Å². The van der Waals surface area contributed by atoms with Crippen molar-refractivity contribution in [3.63, 3.8) is 0 Å². The van der Waals surface area contributed by atoms with Crippen LogP contribution < -0.4 is 0 Å². The molecule has 1 N–H and O–H groups in total. The van der Waals surface area contributed by atoms with E-state index in [1.165, 1.54) is 0 Å². The Balaban J connectivity index is 2.06. The zero-order valence-corrected chi connectivity index (χ0v) is 10.1. The first-order chi connectivity index (χ1) is 7.56. The van der Waals surface area contributed by atoms with E-state index in [1.807, 2.05) is 6.92 Å². The number of nitrogens with zero attached hydrogens (tertiary/aromatic N) is 1. The minimum atomic E-state index is -0.678. The van der Waals surface area contributed by atoms with Crippen molar-refractivity contribution in [1.29, 1.82) is 0 Å². The summed E-state index contributed by atoms with van der Waals surface area (Å²) in [6.07, 6.45) is 2.22. The van der Waals surface area contributed by atoms with Crippen LogP contribution in [0.15, 0.2) is 0 Å². The van der Waals surface area contributed by atoms with Gasteiger partial charge in [0.1, 0.15) is 0 Å². The molecule has 2 rings (SSSR count). The van der Waals surface area contributed by atoms with Crippen LogP contribution in [-0.4, -0.2) is 49.3 Å². The molecule has 16 heavy (non-hydrogen) atoms. The summed E-state index contributed by atoms with van der Waals surface area (Å²) in [7, 11) is 2.13. The van der Waals surface area contributed by atoms with E-state index in [-0.39, 0.29) is 11.3 Å². The molecule has 0 bridgehead atoms. The van der Waals surface area contributed by atoms with Crippen molar-refractivity contribution in [2.24, 2.45) is 17.3 Å². The predicted octanol–water partition coefficient (Wildman–Crippen LogP) is 1.07. The maximum atomic E-state index is 11.2. The minimum Gasteiger partial charge on any atom is -0.481 e. The second-order valence-corrected chi connectivity index (χ2v) is 5.36. The number of hydrogen-bond donors (Lipinski definition) is 1. The van der Waals surface area contributed by atoms with Crippen molar-refractivity contribution in [2.45, 2.75) is 19.8 Å². The molecule has 0 aromatic carbocycles. The molecule has 4 nitrogen and oxygen atoms in total. The van der Waals surface area contributed by atoms with Crippen LogP contribution in [0.4, 0.5) is 0 Å². The van der Waals surface area contributed by atoms with E-state index in [1.54, 1.807) is 0 Å². The third-order valence-electron chi connectivity index (χ3n) is 4.51. The molecule has 2 fully saturated rings. The van der Waals surface area contributed by atoms with Crippen LogP contribution >= 0.6 is 0 Å². The van der Waals surface area contributed by atoms with E-state index in [4.69, 9.17) is 4.74 Å². The van der Waals surface area contributed by atoms with Gasteiger partial charge in [-0.1, -0.05) is 6.92 Å². The van der Waals surface area contributed by atoms with E-state index < -0.39 is 5.97 Å². The fourth-order valence-electron chi connectivity index (χ4n) is 3.01. The Bertz CT molecular complexity index is 267. The summed E-state index contributed by atoms with van der Waals surface area (Å²) >= 11 is 0. The number of carboxylic acids is 1. The van der Waals surface area contributed by atoms with Gasteiger partial charge in [-0.3, -0.25) is 4.79 Å². The summed E-state index contributed by atoms with van der Waals surface area (Å²) in [5, 5.41) is 9.20. The Labute approximate surface area is 96.6 Å². The first-order valence-electron chi connectivity index (χ1n) is 6.05. The quantitative estimate of drug-likeness (QED) is 0.783. The molecule has 0 aromatic heterocycles. The maximum absolute atomic E-state index is 11.2. The predicted molar refractivity (Wildman–Crippen MR) is 60.3 cm³/mol. The van der Waals surface area contributed by atoms with Crippen LogP contribution in [0.2, 0.25) is 0 Å². The van der Waals surface area contributed by atoms with Gasteiger partial charge in [-0.2, -0.15) is 0 Å². The molecule has 0 aliphatic carbocycles. The molecule has 2 aliphatic rings. The third kappa shape index (κ3) is 1.84. The lowest BCUT2D eigenvalue weighted by molar-refractivity contribution is -0.196. The van der Waals surface area contributed by atoms with Crippen molar-refractivity contribution < 1.29 is 14.6 Å². The first kappa shape index (κ1) is 11.9. The third-order valence-corrected chi connectivity index (χ3v) is 4.51. The van der Waals surface area contributed by atoms with Crippen LogP contribution in [0, 0.1) is 17.3 Å². The molecular weight excluding hydrogens is 206 g/mol. The number of likely N-dealkylation sites (tertiary alicyclic amines) is 1. The Morgan fingerprint density at radius 2 is 2.00 bits per heavy atom. The average Bonchev–Trinajstić information content (AvgIpc) is 2.19. The van der Waals surface area contributed by atoms with Crippen LogP contribution in [0.5, 0.6) is 0 Å². The van der Waals surface area contributed by atoms with E-state index in [0.717, 1.165) is 25.9 Å². The van der Waals surface area contributed by atoms with Crippen molar-refractivity contribution in [3.05, 3.63) is 0 Å². The fraction of sp³-hybridized carbons (Fsp3) is 0.917. The van der Waals surface area contributed by atoms with Gasteiger partial charge in [0, 0.05) is 5.41 Å². The van der Waals surface area contributed by atoms with E-state index in [0.29, 0.717) is 19.1 Å². The van der Waals surface area contributed by atoms with Gasteiger partial charge in [0.2, 0.25) is 0 Å². The highest BCUT2D eigenvalue weighted by Crippen LogP contribution is 2.47. The number of piperidine rings is 1. The van der Waals surface area contributed by atoms with Crippen LogP contribution in [0.1, 0.15) is 19.8 Å². The zero-order valence-electron chi connectivity index (χ0n) is 10.1. The normalized spacial score (nSPS) is 28.4.